The molecule has 0 amide bonds. The van der Waals surface area contributed by atoms with E-state index in [2.05, 4.69) is 53.0 Å². The predicted octanol–water partition coefficient (Wildman–Crippen LogP) is 5.20. The van der Waals surface area contributed by atoms with Gasteiger partial charge in [-0.25, -0.2) is 0 Å². The Bertz CT molecular complexity index is 776. The highest BCUT2D eigenvalue weighted by molar-refractivity contribution is 6.33. The third-order valence-electron chi connectivity index (χ3n) is 6.21. The third-order valence-corrected chi connectivity index (χ3v) is 6.21. The Morgan fingerprint density at radius 1 is 1.12 bits per heavy atom. The van der Waals surface area contributed by atoms with Gasteiger partial charge in [0.1, 0.15) is 14.1 Å². The molecular formula is C27H42BNO3. The molecule has 0 saturated carbocycles. The molecule has 2 radical (unpaired) electrons. The first kappa shape index (κ1) is 28.0. The van der Waals surface area contributed by atoms with E-state index < -0.39 is 5.41 Å². The summed E-state index contributed by atoms with van der Waals surface area (Å²) in [7, 11) is 6.12. The number of esters is 1. The molecule has 5 heteroatoms. The molecule has 1 atom stereocenters. The van der Waals surface area contributed by atoms with Crippen LogP contribution in [0.2, 0.25) is 0 Å². The van der Waals surface area contributed by atoms with Gasteiger partial charge in [0.2, 0.25) is 0 Å². The standard InChI is InChI=1S/C27H42BNO3/c1-21(13-11-17-30)29(19-22-14-9-10-15-23(22)28)16-12-18-32-24(31)27(8,26(5,6)7)20-25(2,3)4/h9-10,14-15,17H,1,11-13,16,18-20H2,2-8H3. The zero-order valence-corrected chi connectivity index (χ0v) is 21.3. The molecule has 0 aliphatic rings. The number of carbonyl (C=O) groups excluding carboxylic acids is 2. The number of aldehydes is 1. The lowest BCUT2D eigenvalue weighted by molar-refractivity contribution is -0.165. The monoisotopic (exact) mass is 439 g/mol. The van der Waals surface area contributed by atoms with Crippen LogP contribution in [0.25, 0.3) is 0 Å². The predicted molar refractivity (Wildman–Crippen MR) is 134 cm³/mol. The fraction of sp³-hybridized carbons (Fsp3) is 0.630. The average Bonchev–Trinajstić information content (AvgIpc) is 2.67. The molecule has 0 aliphatic carbocycles. The van der Waals surface area contributed by atoms with Crippen LogP contribution in [0.15, 0.2) is 36.5 Å². The number of benzene rings is 1. The van der Waals surface area contributed by atoms with Gasteiger partial charge in [0, 0.05) is 25.2 Å². The lowest BCUT2D eigenvalue weighted by Gasteiger charge is -2.43. The fourth-order valence-electron chi connectivity index (χ4n) is 3.90. The van der Waals surface area contributed by atoms with Crippen molar-refractivity contribution in [3.8, 4) is 0 Å². The summed E-state index contributed by atoms with van der Waals surface area (Å²) in [5, 5.41) is 0. The second-order valence-electron chi connectivity index (χ2n) is 11.2. The summed E-state index contributed by atoms with van der Waals surface area (Å²) in [5.74, 6) is -0.140. The first-order valence-corrected chi connectivity index (χ1v) is 11.6. The van der Waals surface area contributed by atoms with Crippen molar-refractivity contribution in [2.24, 2.45) is 16.2 Å². The van der Waals surface area contributed by atoms with Crippen molar-refractivity contribution in [3.63, 3.8) is 0 Å². The molecule has 0 heterocycles. The summed E-state index contributed by atoms with van der Waals surface area (Å²) in [4.78, 5) is 26.1. The summed E-state index contributed by atoms with van der Waals surface area (Å²) < 4.78 is 5.79. The Morgan fingerprint density at radius 2 is 1.75 bits per heavy atom. The van der Waals surface area contributed by atoms with E-state index in [0.717, 1.165) is 29.4 Å². The summed E-state index contributed by atoms with van der Waals surface area (Å²) in [6, 6.07) is 7.75. The van der Waals surface area contributed by atoms with Gasteiger partial charge < -0.3 is 14.4 Å². The van der Waals surface area contributed by atoms with Gasteiger partial charge in [-0.2, -0.15) is 0 Å². The van der Waals surface area contributed by atoms with Crippen molar-refractivity contribution in [3.05, 3.63) is 42.1 Å². The van der Waals surface area contributed by atoms with E-state index in [1.54, 1.807) is 0 Å². The van der Waals surface area contributed by atoms with Gasteiger partial charge in [0.05, 0.1) is 12.0 Å². The zero-order valence-electron chi connectivity index (χ0n) is 21.3. The van der Waals surface area contributed by atoms with Gasteiger partial charge in [-0.15, -0.1) is 0 Å². The van der Waals surface area contributed by atoms with Crippen LogP contribution in [-0.2, 0) is 20.9 Å². The van der Waals surface area contributed by atoms with Crippen molar-refractivity contribution in [2.75, 3.05) is 13.2 Å². The maximum Gasteiger partial charge on any atom is 0.312 e. The fourth-order valence-corrected chi connectivity index (χ4v) is 3.90. The maximum absolute atomic E-state index is 13.1. The van der Waals surface area contributed by atoms with Crippen LogP contribution >= 0.6 is 0 Å². The van der Waals surface area contributed by atoms with Crippen LogP contribution in [0.4, 0.5) is 0 Å². The van der Waals surface area contributed by atoms with Crippen LogP contribution in [0.3, 0.4) is 0 Å². The highest BCUT2D eigenvalue weighted by atomic mass is 16.5. The molecular weight excluding hydrogens is 397 g/mol. The minimum Gasteiger partial charge on any atom is -0.465 e. The number of ether oxygens (including phenoxy) is 1. The molecule has 0 fully saturated rings. The van der Waals surface area contributed by atoms with Gasteiger partial charge in [-0.05, 0) is 42.6 Å². The summed E-state index contributed by atoms with van der Waals surface area (Å²) in [6.45, 7) is 20.6. The minimum absolute atomic E-state index is 0.0176. The Kier molecular flexibility index (Phi) is 10.3. The maximum atomic E-state index is 13.1. The van der Waals surface area contributed by atoms with Crippen LogP contribution in [0, 0.1) is 16.2 Å². The van der Waals surface area contributed by atoms with Crippen molar-refractivity contribution in [1.29, 1.82) is 0 Å². The van der Waals surface area contributed by atoms with Gasteiger partial charge in [-0.1, -0.05) is 77.8 Å². The van der Waals surface area contributed by atoms with Crippen LogP contribution in [-0.4, -0.2) is 38.2 Å². The van der Waals surface area contributed by atoms with E-state index >= 15 is 0 Å². The largest absolute Gasteiger partial charge is 0.465 e. The molecule has 32 heavy (non-hydrogen) atoms. The van der Waals surface area contributed by atoms with E-state index in [4.69, 9.17) is 12.6 Å². The van der Waals surface area contributed by atoms with Crippen LogP contribution < -0.4 is 5.46 Å². The molecule has 0 spiro atoms. The van der Waals surface area contributed by atoms with E-state index in [0.29, 0.717) is 39.0 Å². The molecule has 4 nitrogen and oxygen atoms in total. The van der Waals surface area contributed by atoms with E-state index in [1.807, 2.05) is 31.2 Å². The van der Waals surface area contributed by atoms with Crippen LogP contribution in [0.1, 0.15) is 79.7 Å². The number of carbonyl (C=O) groups is 2. The van der Waals surface area contributed by atoms with Gasteiger partial charge in [0.15, 0.2) is 0 Å². The number of nitrogens with zero attached hydrogens (tertiary/aromatic N) is 1. The average molecular weight is 439 g/mol. The van der Waals surface area contributed by atoms with E-state index in [-0.39, 0.29) is 16.8 Å². The summed E-state index contributed by atoms with van der Waals surface area (Å²) in [5.41, 5.74) is 1.87. The summed E-state index contributed by atoms with van der Waals surface area (Å²) in [6.07, 6.45) is 3.37. The second-order valence-corrected chi connectivity index (χ2v) is 11.2. The zero-order chi connectivity index (χ0) is 24.6. The number of hydrogen-bond donors (Lipinski definition) is 0. The van der Waals surface area contributed by atoms with E-state index in [1.165, 1.54) is 0 Å². The normalized spacial score (nSPS) is 13.8. The van der Waals surface area contributed by atoms with Crippen molar-refractivity contribution >= 4 is 25.6 Å². The molecule has 1 aromatic rings. The van der Waals surface area contributed by atoms with Crippen molar-refractivity contribution in [2.45, 2.75) is 80.7 Å². The lowest BCUT2D eigenvalue weighted by atomic mass is 9.61. The third kappa shape index (κ3) is 8.48. The molecule has 1 aromatic carbocycles. The highest BCUT2D eigenvalue weighted by Crippen LogP contribution is 2.47. The molecule has 0 N–H and O–H groups in total. The van der Waals surface area contributed by atoms with Crippen LogP contribution in [0.5, 0.6) is 0 Å². The highest BCUT2D eigenvalue weighted by Gasteiger charge is 2.47. The molecule has 1 unspecified atom stereocenters. The van der Waals surface area contributed by atoms with Gasteiger partial charge in [0.25, 0.3) is 0 Å². The Balaban J connectivity index is 2.79. The molecule has 176 valence electrons. The molecule has 1 rings (SSSR count). The number of rotatable bonds is 12. The number of allylic oxidation sites excluding steroid dienone is 1. The van der Waals surface area contributed by atoms with E-state index in [9.17, 15) is 9.59 Å². The van der Waals surface area contributed by atoms with Crippen molar-refractivity contribution in [1.82, 2.24) is 4.90 Å². The molecule has 0 aliphatic heterocycles. The SMILES string of the molecule is [B]c1ccccc1CN(CCCOC(=O)C(C)(CC(C)(C)C)C(C)(C)C)C(=C)CCC=O. The Morgan fingerprint density at radius 3 is 2.28 bits per heavy atom. The first-order chi connectivity index (χ1) is 14.7. The Hall–Kier alpha value is -2.04. The molecule has 0 bridgehead atoms. The summed E-state index contributed by atoms with van der Waals surface area (Å²) >= 11 is 0. The Labute approximate surface area is 197 Å². The van der Waals surface area contributed by atoms with Gasteiger partial charge >= 0.3 is 5.97 Å². The molecule has 0 saturated heterocycles. The second kappa shape index (κ2) is 11.7. The van der Waals surface area contributed by atoms with Crippen molar-refractivity contribution < 1.29 is 14.3 Å². The topological polar surface area (TPSA) is 46.6 Å². The number of hydrogen-bond acceptors (Lipinski definition) is 4. The quantitative estimate of drug-likeness (QED) is 0.194. The first-order valence-electron chi connectivity index (χ1n) is 11.6. The smallest absolute Gasteiger partial charge is 0.312 e. The molecule has 0 aromatic heterocycles. The van der Waals surface area contributed by atoms with Gasteiger partial charge in [-0.3, -0.25) is 4.79 Å². The minimum atomic E-state index is -0.572. The lowest BCUT2D eigenvalue weighted by Crippen LogP contribution is -2.44.